The Labute approximate surface area is 147 Å². The van der Waals surface area contributed by atoms with E-state index < -0.39 is 26.0 Å². The Hall–Kier alpha value is -0.650. The molecule has 1 atom stereocenters. The maximum absolute atomic E-state index is 12.2. The highest BCUT2D eigenvalue weighted by molar-refractivity contribution is 7.49. The molecule has 0 aromatic rings. The van der Waals surface area contributed by atoms with Crippen LogP contribution in [-0.4, -0.2) is 55.8 Å². The third kappa shape index (κ3) is 10.7. The molecule has 9 heteroatoms. The Morgan fingerprint density at radius 1 is 1.00 bits per heavy atom. The van der Waals surface area contributed by atoms with Crippen LogP contribution in [0.25, 0.3) is 0 Å². The van der Waals surface area contributed by atoms with Gasteiger partial charge in [-0.15, -0.1) is 23.2 Å². The Morgan fingerprint density at radius 3 is 2.00 bits per heavy atom. The maximum atomic E-state index is 12.2. The molecule has 132 valence electrons. The molecule has 0 aromatic carbocycles. The number of rotatable bonds is 14. The Morgan fingerprint density at radius 2 is 1.52 bits per heavy atom. The van der Waals surface area contributed by atoms with Crippen molar-refractivity contribution in [2.75, 3.05) is 38.2 Å². The van der Waals surface area contributed by atoms with Crippen LogP contribution in [-0.2, 0) is 28.1 Å². The fourth-order valence-electron chi connectivity index (χ4n) is 1.32. The molecule has 0 aliphatic carbocycles. The maximum Gasteiger partial charge on any atom is 0.318 e. The summed E-state index contributed by atoms with van der Waals surface area (Å²) in [5, 5.41) is 0. The third-order valence-electron chi connectivity index (χ3n) is 2.18. The van der Waals surface area contributed by atoms with Crippen molar-refractivity contribution in [3.63, 3.8) is 0 Å². The van der Waals surface area contributed by atoms with E-state index in [1.54, 1.807) is 0 Å². The van der Waals surface area contributed by atoms with Crippen molar-refractivity contribution >= 4 is 43.5 Å². The summed E-state index contributed by atoms with van der Waals surface area (Å²) in [7, 11) is -1.74. The second-order valence-corrected chi connectivity index (χ2v) is 6.41. The number of carbonyl (C=O) groups excluding carboxylic acids is 2. The lowest BCUT2D eigenvalue weighted by atomic mass is 10.3. The third-order valence-corrected chi connectivity index (χ3v) is 4.27. The fourth-order valence-corrected chi connectivity index (χ4v) is 3.21. The Balaban J connectivity index is 4.97. The molecule has 0 fully saturated rings. The van der Waals surface area contributed by atoms with Crippen LogP contribution in [0.4, 0.5) is 0 Å². The number of carbonyl (C=O) groups is 2. The average molecular weight is 387 g/mol. The summed E-state index contributed by atoms with van der Waals surface area (Å²) >= 11 is 11.2. The summed E-state index contributed by atoms with van der Waals surface area (Å²) in [6.45, 7) is 7.32. The van der Waals surface area contributed by atoms with E-state index in [1.807, 2.05) is 0 Å². The predicted octanol–water partition coefficient (Wildman–Crippen LogP) is 3.03. The second-order valence-electron chi connectivity index (χ2n) is 3.94. The van der Waals surface area contributed by atoms with E-state index in [0.29, 0.717) is 0 Å². The minimum Gasteiger partial charge on any atom is -0.461 e. The number of esters is 2. The molecule has 0 N–H and O–H groups in total. The normalized spacial score (nSPS) is 11.8. The number of hydrogen-bond donors (Lipinski definition) is 0. The first-order valence-electron chi connectivity index (χ1n) is 6.81. The highest BCUT2D eigenvalue weighted by Gasteiger charge is 2.35. The first-order valence-corrected chi connectivity index (χ1v) is 9.13. The number of halogens is 2. The van der Waals surface area contributed by atoms with Crippen LogP contribution in [0.3, 0.4) is 0 Å². The summed E-state index contributed by atoms with van der Waals surface area (Å²) in [6, 6.07) is 0. The van der Waals surface area contributed by atoms with Gasteiger partial charge in [0.25, 0.3) is 0 Å². The van der Waals surface area contributed by atoms with Gasteiger partial charge in [0.15, 0.2) is 8.38 Å². The van der Waals surface area contributed by atoms with Crippen molar-refractivity contribution in [1.29, 1.82) is 0 Å². The first kappa shape index (κ1) is 22.4. The van der Waals surface area contributed by atoms with Crippen molar-refractivity contribution < 1.29 is 28.1 Å². The van der Waals surface area contributed by atoms with Gasteiger partial charge < -0.3 is 18.5 Å². The monoisotopic (exact) mass is 386 g/mol. The Bertz CT molecular complexity index is 372. The second kappa shape index (κ2) is 14.9. The van der Waals surface area contributed by atoms with Gasteiger partial charge in [-0.3, -0.25) is 9.59 Å². The van der Waals surface area contributed by atoms with E-state index in [-0.39, 0.29) is 44.6 Å². The minimum absolute atomic E-state index is 0.0191. The fraction of sp³-hybridized carbons (Fsp3) is 0.571. The standard InChI is InChI=1S/C14H21Cl2O6P/c1-3-7-19-13(17)11-12(14(18)20-8-4-2)23(21-9-5-15)22-10-6-16/h3-4,12H,1-2,5-11H2/t12-/m1/s1. The van der Waals surface area contributed by atoms with E-state index >= 15 is 0 Å². The van der Waals surface area contributed by atoms with Crippen LogP contribution in [0.2, 0.25) is 0 Å². The van der Waals surface area contributed by atoms with Gasteiger partial charge in [-0.05, 0) is 0 Å². The largest absolute Gasteiger partial charge is 0.461 e. The molecular weight excluding hydrogens is 366 g/mol. The molecule has 0 amide bonds. The van der Waals surface area contributed by atoms with Gasteiger partial charge >= 0.3 is 11.9 Å². The lowest BCUT2D eigenvalue weighted by molar-refractivity contribution is -0.148. The minimum atomic E-state index is -1.74. The molecule has 0 aliphatic heterocycles. The van der Waals surface area contributed by atoms with Gasteiger partial charge in [-0.25, -0.2) is 0 Å². The summed E-state index contributed by atoms with van der Waals surface area (Å²) in [4.78, 5) is 24.0. The van der Waals surface area contributed by atoms with Gasteiger partial charge in [0.1, 0.15) is 18.9 Å². The molecule has 0 saturated carbocycles. The van der Waals surface area contributed by atoms with E-state index in [9.17, 15) is 9.59 Å². The van der Waals surface area contributed by atoms with Crippen molar-refractivity contribution in [2.24, 2.45) is 0 Å². The van der Waals surface area contributed by atoms with Gasteiger partial charge in [-0.2, -0.15) is 0 Å². The molecule has 0 radical (unpaired) electrons. The molecule has 0 rings (SSSR count). The van der Waals surface area contributed by atoms with E-state index in [2.05, 4.69) is 13.2 Å². The van der Waals surface area contributed by atoms with Crippen molar-refractivity contribution in [3.05, 3.63) is 25.3 Å². The Kier molecular flexibility index (Phi) is 14.5. The molecule has 0 bridgehead atoms. The highest BCUT2D eigenvalue weighted by atomic mass is 35.5. The SMILES string of the molecule is C=CCOC(=O)C[C@H](C(=O)OCC=C)P(OCCCl)OCCCl. The first-order chi connectivity index (χ1) is 11.1. The van der Waals surface area contributed by atoms with E-state index in [0.717, 1.165) is 0 Å². The summed E-state index contributed by atoms with van der Waals surface area (Å²) in [5.41, 5.74) is -0.936. The molecule has 0 spiro atoms. The molecular formula is C14H21Cl2O6P. The predicted molar refractivity (Wildman–Crippen MR) is 91.0 cm³/mol. The number of hydrogen-bond acceptors (Lipinski definition) is 6. The van der Waals surface area contributed by atoms with Crippen molar-refractivity contribution in [3.8, 4) is 0 Å². The molecule has 0 aromatic heterocycles. The van der Waals surface area contributed by atoms with Crippen molar-refractivity contribution in [1.82, 2.24) is 0 Å². The molecule has 0 heterocycles. The van der Waals surface area contributed by atoms with Gasteiger partial charge in [-0.1, -0.05) is 25.3 Å². The van der Waals surface area contributed by atoms with Crippen LogP contribution in [0.1, 0.15) is 6.42 Å². The van der Waals surface area contributed by atoms with E-state index in [1.165, 1.54) is 12.2 Å². The zero-order chi connectivity index (χ0) is 17.5. The smallest absolute Gasteiger partial charge is 0.318 e. The molecule has 0 unspecified atom stereocenters. The van der Waals surface area contributed by atoms with Crippen LogP contribution in [0, 0.1) is 0 Å². The van der Waals surface area contributed by atoms with Gasteiger partial charge in [0.2, 0.25) is 0 Å². The molecule has 6 nitrogen and oxygen atoms in total. The zero-order valence-electron chi connectivity index (χ0n) is 12.7. The topological polar surface area (TPSA) is 71.1 Å². The van der Waals surface area contributed by atoms with Crippen LogP contribution < -0.4 is 0 Å². The summed E-state index contributed by atoms with van der Waals surface area (Å²) < 4.78 is 20.8. The zero-order valence-corrected chi connectivity index (χ0v) is 15.2. The quantitative estimate of drug-likeness (QED) is 0.198. The molecule has 23 heavy (non-hydrogen) atoms. The molecule has 0 aliphatic rings. The molecule has 0 saturated heterocycles. The van der Waals surface area contributed by atoms with Gasteiger partial charge in [0, 0.05) is 11.8 Å². The van der Waals surface area contributed by atoms with Crippen LogP contribution >= 0.6 is 31.6 Å². The highest BCUT2D eigenvalue weighted by Crippen LogP contribution is 2.46. The average Bonchev–Trinajstić information content (AvgIpc) is 2.56. The lowest BCUT2D eigenvalue weighted by Crippen LogP contribution is -2.28. The lowest BCUT2D eigenvalue weighted by Gasteiger charge is -2.23. The number of alkyl halides is 2. The van der Waals surface area contributed by atoms with Crippen LogP contribution in [0.5, 0.6) is 0 Å². The van der Waals surface area contributed by atoms with Gasteiger partial charge in [0.05, 0.1) is 19.6 Å². The van der Waals surface area contributed by atoms with Crippen LogP contribution in [0.15, 0.2) is 25.3 Å². The number of ether oxygens (including phenoxy) is 2. The summed E-state index contributed by atoms with van der Waals surface area (Å²) in [5.74, 6) is -0.769. The van der Waals surface area contributed by atoms with Crippen molar-refractivity contribution in [2.45, 2.75) is 12.1 Å². The summed E-state index contributed by atoms with van der Waals surface area (Å²) in [6.07, 6.45) is 2.62. The van der Waals surface area contributed by atoms with E-state index in [4.69, 9.17) is 41.7 Å².